The standard InChI is InChI=1S/C47H34N2/c1-2-45-48-43-25-11-12-26-44(43)49(45)38-22-14-21-36(30-38)34-19-13-20-35(29-34)37-27-28-41-42(31-37)47(33-17-7-4-8-18-33)40-24-10-9-23-39(40)46(41)32-15-5-3-6-16-32/h3-31H,2H2,1H3/i3D,4D,5D,6D,7D,8D,15D,16D,17D,18D. The van der Waals surface area contributed by atoms with Crippen molar-refractivity contribution in [1.82, 2.24) is 9.55 Å². The summed E-state index contributed by atoms with van der Waals surface area (Å²) in [7, 11) is 0. The highest BCUT2D eigenvalue weighted by atomic mass is 15.1. The summed E-state index contributed by atoms with van der Waals surface area (Å²) < 4.78 is 89.1. The first-order valence-corrected chi connectivity index (χ1v) is 16.2. The van der Waals surface area contributed by atoms with Crippen LogP contribution in [0, 0.1) is 0 Å². The molecule has 0 bridgehead atoms. The largest absolute Gasteiger partial charge is 0.296 e. The predicted octanol–water partition coefficient (Wildman–Crippen LogP) is 12.6. The average Bonchev–Trinajstić information content (AvgIpc) is 3.65. The monoisotopic (exact) mass is 636 g/mol. The molecule has 232 valence electrons. The number of nitrogens with zero attached hydrogens (tertiary/aromatic N) is 2. The van der Waals surface area contributed by atoms with Gasteiger partial charge < -0.3 is 0 Å². The molecule has 0 atom stereocenters. The summed E-state index contributed by atoms with van der Waals surface area (Å²) in [5.41, 5.74) is 7.28. The zero-order chi connectivity index (χ0) is 41.4. The zero-order valence-corrected chi connectivity index (χ0v) is 26.6. The Balaban J connectivity index is 1.31. The maximum absolute atomic E-state index is 9.06. The number of aromatic nitrogens is 2. The van der Waals surface area contributed by atoms with Crippen molar-refractivity contribution < 1.29 is 13.7 Å². The molecule has 0 aliphatic carbocycles. The Hall–Kier alpha value is -6.25. The number of fused-ring (bicyclic) bond motifs is 3. The molecule has 0 amide bonds. The Morgan fingerprint density at radius 1 is 0.490 bits per heavy atom. The van der Waals surface area contributed by atoms with Crippen molar-refractivity contribution in [3.8, 4) is 50.2 Å². The van der Waals surface area contributed by atoms with E-state index >= 15 is 0 Å². The molecule has 1 aromatic heterocycles. The first-order valence-electron chi connectivity index (χ1n) is 21.2. The Bertz CT molecular complexity index is 3170. The van der Waals surface area contributed by atoms with Crippen LogP contribution in [0.25, 0.3) is 82.8 Å². The van der Waals surface area contributed by atoms with Crippen molar-refractivity contribution in [2.45, 2.75) is 13.3 Å². The van der Waals surface area contributed by atoms with Gasteiger partial charge >= 0.3 is 0 Å². The lowest BCUT2D eigenvalue weighted by Crippen LogP contribution is -2.00. The van der Waals surface area contributed by atoms with Gasteiger partial charge in [-0.25, -0.2) is 4.98 Å². The van der Waals surface area contributed by atoms with E-state index in [0.717, 1.165) is 51.2 Å². The van der Waals surface area contributed by atoms with Crippen molar-refractivity contribution in [3.63, 3.8) is 0 Å². The van der Waals surface area contributed by atoms with E-state index in [1.54, 1.807) is 24.3 Å². The normalized spacial score (nSPS) is 14.3. The molecular formula is C47H34N2. The number of hydrogen-bond acceptors (Lipinski definition) is 1. The van der Waals surface area contributed by atoms with Gasteiger partial charge in [-0.3, -0.25) is 4.57 Å². The number of hydrogen-bond donors (Lipinski definition) is 0. The summed E-state index contributed by atoms with van der Waals surface area (Å²) in [6.45, 7) is 2.09. The third-order valence-electron chi connectivity index (χ3n) is 9.10. The summed E-state index contributed by atoms with van der Waals surface area (Å²) in [5, 5.41) is 2.00. The molecule has 1 heterocycles. The van der Waals surface area contributed by atoms with E-state index in [-0.39, 0.29) is 35.3 Å². The van der Waals surface area contributed by atoms with Crippen LogP contribution in [0.2, 0.25) is 0 Å². The van der Waals surface area contributed by atoms with Crippen LogP contribution in [-0.4, -0.2) is 9.55 Å². The molecule has 0 fully saturated rings. The van der Waals surface area contributed by atoms with Crippen LogP contribution in [0.15, 0.2) is 176 Å². The number of benzene rings is 8. The Morgan fingerprint density at radius 2 is 1.04 bits per heavy atom. The van der Waals surface area contributed by atoms with Gasteiger partial charge in [0.1, 0.15) is 5.82 Å². The summed E-state index contributed by atoms with van der Waals surface area (Å²) in [6.07, 6.45) is 0.758. The minimum absolute atomic E-state index is 0.00556. The zero-order valence-electron chi connectivity index (χ0n) is 36.6. The predicted molar refractivity (Wildman–Crippen MR) is 207 cm³/mol. The van der Waals surface area contributed by atoms with Crippen molar-refractivity contribution in [2.24, 2.45) is 0 Å². The second-order valence-electron chi connectivity index (χ2n) is 11.9. The molecule has 0 N–H and O–H groups in total. The molecule has 0 aliphatic heterocycles. The van der Waals surface area contributed by atoms with Crippen LogP contribution < -0.4 is 0 Å². The van der Waals surface area contributed by atoms with Crippen LogP contribution in [0.5, 0.6) is 0 Å². The first kappa shape index (κ1) is 20.2. The molecule has 9 rings (SSSR count). The topological polar surface area (TPSA) is 17.8 Å². The van der Waals surface area contributed by atoms with E-state index in [9.17, 15) is 0 Å². The summed E-state index contributed by atoms with van der Waals surface area (Å²) in [4.78, 5) is 4.87. The second-order valence-corrected chi connectivity index (χ2v) is 11.9. The molecular weight excluding hydrogens is 593 g/mol. The molecule has 0 saturated heterocycles. The van der Waals surface area contributed by atoms with E-state index in [2.05, 4.69) is 41.8 Å². The van der Waals surface area contributed by atoms with E-state index in [4.69, 9.17) is 18.7 Å². The minimum atomic E-state index is -0.512. The molecule has 8 aromatic carbocycles. The molecule has 0 saturated carbocycles. The van der Waals surface area contributed by atoms with Crippen LogP contribution in [0.3, 0.4) is 0 Å². The molecule has 0 radical (unpaired) electrons. The van der Waals surface area contributed by atoms with Crippen molar-refractivity contribution in [1.29, 1.82) is 0 Å². The third-order valence-corrected chi connectivity index (χ3v) is 9.10. The lowest BCUT2D eigenvalue weighted by atomic mass is 9.85. The number of imidazole rings is 1. The van der Waals surface area contributed by atoms with Gasteiger partial charge in [0, 0.05) is 12.1 Å². The lowest BCUT2D eigenvalue weighted by molar-refractivity contribution is 0.908. The van der Waals surface area contributed by atoms with Crippen molar-refractivity contribution >= 4 is 32.6 Å². The van der Waals surface area contributed by atoms with E-state index in [1.807, 2.05) is 60.7 Å². The fraction of sp³-hybridized carbons (Fsp3) is 0.0426. The molecule has 2 heteroatoms. The Labute approximate surface area is 300 Å². The highest BCUT2D eigenvalue weighted by Gasteiger charge is 2.18. The van der Waals surface area contributed by atoms with E-state index in [1.165, 1.54) is 0 Å². The molecule has 0 unspecified atom stereocenters. The molecule has 9 aromatic rings. The maximum Gasteiger partial charge on any atom is 0.114 e. The highest BCUT2D eigenvalue weighted by Crippen LogP contribution is 2.45. The van der Waals surface area contributed by atoms with Crippen LogP contribution in [-0.2, 0) is 6.42 Å². The van der Waals surface area contributed by atoms with Gasteiger partial charge in [-0.05, 0) is 102 Å². The van der Waals surface area contributed by atoms with E-state index < -0.39 is 36.3 Å². The van der Waals surface area contributed by atoms with Crippen LogP contribution >= 0.6 is 0 Å². The average molecular weight is 637 g/mol. The molecule has 49 heavy (non-hydrogen) atoms. The van der Waals surface area contributed by atoms with Crippen LogP contribution in [0.4, 0.5) is 0 Å². The van der Waals surface area contributed by atoms with Gasteiger partial charge in [0.05, 0.1) is 24.7 Å². The van der Waals surface area contributed by atoms with E-state index in [0.29, 0.717) is 32.7 Å². The fourth-order valence-electron chi connectivity index (χ4n) is 6.95. The SMILES string of the molecule is [2H]c1c([2H])c([2H])c(-c2c3ccccc3c(-c3c([2H])c([2H])c([2H])c([2H])c3[2H])c3cc(-c4cccc(-c5cccc(-n6c(CC)nc7ccccc76)c5)c4)ccc23)c([2H])c1[2H]. The number of rotatable bonds is 6. The third kappa shape index (κ3) is 5.01. The minimum Gasteiger partial charge on any atom is -0.296 e. The highest BCUT2D eigenvalue weighted by molar-refractivity contribution is 6.22. The van der Waals surface area contributed by atoms with Gasteiger partial charge in [-0.1, -0.05) is 146 Å². The summed E-state index contributed by atoms with van der Waals surface area (Å²) in [6, 6.07) is 32.8. The first-order chi connectivity index (χ1) is 28.4. The number of para-hydroxylation sites is 2. The molecule has 0 aliphatic rings. The van der Waals surface area contributed by atoms with Gasteiger partial charge in [-0.2, -0.15) is 0 Å². The Kier molecular flexibility index (Phi) is 4.98. The lowest BCUT2D eigenvalue weighted by Gasteiger charge is -2.19. The molecule has 0 spiro atoms. The van der Waals surface area contributed by atoms with Gasteiger partial charge in [0.2, 0.25) is 0 Å². The van der Waals surface area contributed by atoms with Crippen LogP contribution in [0.1, 0.15) is 26.5 Å². The summed E-state index contributed by atoms with van der Waals surface area (Å²) in [5.74, 6) is 0.957. The smallest absolute Gasteiger partial charge is 0.114 e. The van der Waals surface area contributed by atoms with Gasteiger partial charge in [0.15, 0.2) is 0 Å². The fourth-order valence-corrected chi connectivity index (χ4v) is 6.95. The van der Waals surface area contributed by atoms with Crippen molar-refractivity contribution in [3.05, 3.63) is 182 Å². The Morgan fingerprint density at radius 3 is 1.71 bits per heavy atom. The summed E-state index contributed by atoms with van der Waals surface area (Å²) >= 11 is 0. The van der Waals surface area contributed by atoms with Crippen molar-refractivity contribution in [2.75, 3.05) is 0 Å². The van der Waals surface area contributed by atoms with Gasteiger partial charge in [0.25, 0.3) is 0 Å². The molecule has 2 nitrogen and oxygen atoms in total. The second kappa shape index (κ2) is 12.1. The maximum atomic E-state index is 9.06. The van der Waals surface area contributed by atoms with Gasteiger partial charge in [-0.15, -0.1) is 0 Å². The number of aryl methyl sites for hydroxylation is 1. The quantitative estimate of drug-likeness (QED) is 0.166.